The van der Waals surface area contributed by atoms with Crippen LogP contribution in [0, 0.1) is 5.41 Å². The van der Waals surface area contributed by atoms with E-state index in [2.05, 4.69) is 10.3 Å². The standard InChI is InChI=1S/C13H18N2O3/c1-18-11-7-10(3-6-14-11)15-9-13(4-2-5-13)8-12(16)17/h3,6-7H,2,4-5,8-9H2,1H3,(H,14,15)(H,16,17). The highest BCUT2D eigenvalue weighted by Gasteiger charge is 2.38. The van der Waals surface area contributed by atoms with Gasteiger partial charge in [0.05, 0.1) is 13.5 Å². The number of carboxylic acid groups (broad SMARTS) is 1. The minimum Gasteiger partial charge on any atom is -0.481 e. The SMILES string of the molecule is COc1cc(NCC2(CC(=O)O)CCC2)ccn1. The Hall–Kier alpha value is -1.78. The van der Waals surface area contributed by atoms with Gasteiger partial charge in [0, 0.05) is 24.5 Å². The van der Waals surface area contributed by atoms with Crippen molar-refractivity contribution in [2.75, 3.05) is 19.0 Å². The highest BCUT2D eigenvalue weighted by Crippen LogP contribution is 2.44. The molecule has 1 heterocycles. The molecule has 0 atom stereocenters. The summed E-state index contributed by atoms with van der Waals surface area (Å²) in [6.45, 7) is 0.687. The number of carboxylic acids is 1. The van der Waals surface area contributed by atoms with Gasteiger partial charge in [-0.05, 0) is 24.3 Å². The summed E-state index contributed by atoms with van der Waals surface area (Å²) in [4.78, 5) is 14.9. The lowest BCUT2D eigenvalue weighted by Gasteiger charge is -2.41. The van der Waals surface area contributed by atoms with Crippen LogP contribution in [0.4, 0.5) is 5.69 Å². The van der Waals surface area contributed by atoms with Gasteiger partial charge in [-0.2, -0.15) is 0 Å². The van der Waals surface area contributed by atoms with Gasteiger partial charge in [-0.1, -0.05) is 6.42 Å². The maximum atomic E-state index is 10.9. The predicted octanol–water partition coefficient (Wildman–Crippen LogP) is 2.15. The van der Waals surface area contributed by atoms with Crippen LogP contribution in [0.3, 0.4) is 0 Å². The quantitative estimate of drug-likeness (QED) is 0.809. The first kappa shape index (κ1) is 12.7. The molecule has 2 N–H and O–H groups in total. The van der Waals surface area contributed by atoms with Crippen LogP contribution < -0.4 is 10.1 Å². The Bertz CT molecular complexity index is 430. The number of rotatable bonds is 6. The second kappa shape index (κ2) is 5.25. The number of aromatic nitrogens is 1. The molecule has 1 fully saturated rings. The number of nitrogens with one attached hydrogen (secondary N) is 1. The van der Waals surface area contributed by atoms with Crippen molar-refractivity contribution in [3.8, 4) is 5.88 Å². The molecule has 0 bridgehead atoms. The molecule has 0 spiro atoms. The molecule has 1 aliphatic rings. The summed E-state index contributed by atoms with van der Waals surface area (Å²) in [6.07, 6.45) is 4.99. The minimum absolute atomic E-state index is 0.0810. The summed E-state index contributed by atoms with van der Waals surface area (Å²) in [5.41, 5.74) is 0.834. The topological polar surface area (TPSA) is 71.5 Å². The summed E-state index contributed by atoms with van der Waals surface area (Å²) >= 11 is 0. The molecule has 0 aliphatic heterocycles. The average Bonchev–Trinajstić information content (AvgIpc) is 2.32. The maximum Gasteiger partial charge on any atom is 0.303 e. The average molecular weight is 250 g/mol. The van der Waals surface area contributed by atoms with E-state index in [1.807, 2.05) is 12.1 Å². The second-order valence-electron chi connectivity index (χ2n) is 4.86. The third-order valence-corrected chi connectivity index (χ3v) is 3.55. The number of methoxy groups -OCH3 is 1. The van der Waals surface area contributed by atoms with E-state index in [0.29, 0.717) is 12.4 Å². The van der Waals surface area contributed by atoms with Crippen molar-refractivity contribution in [2.45, 2.75) is 25.7 Å². The van der Waals surface area contributed by atoms with Crippen molar-refractivity contribution >= 4 is 11.7 Å². The zero-order valence-corrected chi connectivity index (χ0v) is 10.5. The highest BCUT2D eigenvalue weighted by atomic mass is 16.5. The van der Waals surface area contributed by atoms with Gasteiger partial charge in [0.15, 0.2) is 0 Å². The third-order valence-electron chi connectivity index (χ3n) is 3.55. The fraction of sp³-hybridized carbons (Fsp3) is 0.538. The van der Waals surface area contributed by atoms with Crippen molar-refractivity contribution in [2.24, 2.45) is 5.41 Å². The van der Waals surface area contributed by atoms with Gasteiger partial charge in [-0.15, -0.1) is 0 Å². The fourth-order valence-electron chi connectivity index (χ4n) is 2.33. The van der Waals surface area contributed by atoms with E-state index in [4.69, 9.17) is 9.84 Å². The number of pyridine rings is 1. The van der Waals surface area contributed by atoms with Crippen molar-refractivity contribution < 1.29 is 14.6 Å². The van der Waals surface area contributed by atoms with Crippen LogP contribution >= 0.6 is 0 Å². The van der Waals surface area contributed by atoms with Crippen molar-refractivity contribution in [1.29, 1.82) is 0 Å². The van der Waals surface area contributed by atoms with E-state index in [1.54, 1.807) is 13.3 Å². The Morgan fingerprint density at radius 2 is 2.39 bits per heavy atom. The molecule has 0 amide bonds. The summed E-state index contributed by atoms with van der Waals surface area (Å²) in [7, 11) is 1.57. The lowest BCUT2D eigenvalue weighted by atomic mass is 9.66. The number of nitrogens with zero attached hydrogens (tertiary/aromatic N) is 1. The number of aliphatic carboxylic acids is 1. The zero-order valence-electron chi connectivity index (χ0n) is 10.5. The molecule has 5 nitrogen and oxygen atoms in total. The van der Waals surface area contributed by atoms with Gasteiger partial charge in [-0.25, -0.2) is 4.98 Å². The molecule has 1 aliphatic carbocycles. The Morgan fingerprint density at radius 3 is 2.94 bits per heavy atom. The van der Waals surface area contributed by atoms with Crippen LogP contribution in [-0.4, -0.2) is 29.7 Å². The van der Waals surface area contributed by atoms with Crippen molar-refractivity contribution in [3.05, 3.63) is 18.3 Å². The molecular formula is C13H18N2O3. The molecule has 0 unspecified atom stereocenters. The lowest BCUT2D eigenvalue weighted by Crippen LogP contribution is -2.38. The molecule has 18 heavy (non-hydrogen) atoms. The minimum atomic E-state index is -0.719. The van der Waals surface area contributed by atoms with E-state index in [9.17, 15) is 4.79 Å². The largest absolute Gasteiger partial charge is 0.481 e. The first-order chi connectivity index (χ1) is 8.63. The Balaban J connectivity index is 1.95. The third kappa shape index (κ3) is 2.91. The predicted molar refractivity (Wildman–Crippen MR) is 67.8 cm³/mol. The fourth-order valence-corrected chi connectivity index (χ4v) is 2.33. The van der Waals surface area contributed by atoms with E-state index >= 15 is 0 Å². The van der Waals surface area contributed by atoms with E-state index in [1.165, 1.54) is 0 Å². The molecule has 0 saturated heterocycles. The summed E-state index contributed by atoms with van der Waals surface area (Å²) < 4.78 is 5.05. The number of hydrogen-bond acceptors (Lipinski definition) is 4. The lowest BCUT2D eigenvalue weighted by molar-refractivity contribution is -0.141. The highest BCUT2D eigenvalue weighted by molar-refractivity contribution is 5.68. The monoisotopic (exact) mass is 250 g/mol. The first-order valence-corrected chi connectivity index (χ1v) is 6.09. The van der Waals surface area contributed by atoms with Gasteiger partial charge < -0.3 is 15.2 Å². The van der Waals surface area contributed by atoms with Crippen LogP contribution in [0.15, 0.2) is 18.3 Å². The number of ether oxygens (including phenoxy) is 1. The zero-order chi connectivity index (χ0) is 13.0. The molecule has 1 aromatic rings. The van der Waals surface area contributed by atoms with E-state index in [0.717, 1.165) is 24.9 Å². The van der Waals surface area contributed by atoms with Crippen LogP contribution in [0.5, 0.6) is 5.88 Å². The summed E-state index contributed by atoms with van der Waals surface area (Å²) in [5.74, 6) is -0.162. The number of hydrogen-bond donors (Lipinski definition) is 2. The first-order valence-electron chi connectivity index (χ1n) is 6.09. The normalized spacial score (nSPS) is 16.7. The Kier molecular flexibility index (Phi) is 3.69. The van der Waals surface area contributed by atoms with Crippen LogP contribution in [-0.2, 0) is 4.79 Å². The second-order valence-corrected chi connectivity index (χ2v) is 4.86. The molecule has 1 saturated carbocycles. The van der Waals surface area contributed by atoms with E-state index in [-0.39, 0.29) is 11.8 Å². The Labute approximate surface area is 106 Å². The van der Waals surface area contributed by atoms with E-state index < -0.39 is 5.97 Å². The smallest absolute Gasteiger partial charge is 0.303 e. The number of anilines is 1. The van der Waals surface area contributed by atoms with Crippen LogP contribution in [0.1, 0.15) is 25.7 Å². The molecule has 5 heteroatoms. The van der Waals surface area contributed by atoms with Gasteiger partial charge in [0.1, 0.15) is 0 Å². The summed E-state index contributed by atoms with van der Waals surface area (Å²) in [6, 6.07) is 3.67. The van der Waals surface area contributed by atoms with Gasteiger partial charge in [0.2, 0.25) is 5.88 Å². The molecular weight excluding hydrogens is 232 g/mol. The van der Waals surface area contributed by atoms with Gasteiger partial charge in [0.25, 0.3) is 0 Å². The van der Waals surface area contributed by atoms with Crippen LogP contribution in [0.2, 0.25) is 0 Å². The van der Waals surface area contributed by atoms with Crippen molar-refractivity contribution in [1.82, 2.24) is 4.98 Å². The van der Waals surface area contributed by atoms with Gasteiger partial charge in [-0.3, -0.25) is 4.79 Å². The molecule has 0 aromatic carbocycles. The van der Waals surface area contributed by atoms with Gasteiger partial charge >= 0.3 is 5.97 Å². The maximum absolute atomic E-state index is 10.9. The molecule has 1 aromatic heterocycles. The summed E-state index contributed by atoms with van der Waals surface area (Å²) in [5, 5.41) is 12.2. The molecule has 2 rings (SSSR count). The number of carbonyl (C=O) groups is 1. The van der Waals surface area contributed by atoms with Crippen LogP contribution in [0.25, 0.3) is 0 Å². The molecule has 98 valence electrons. The molecule has 0 radical (unpaired) electrons. The Morgan fingerprint density at radius 1 is 1.61 bits per heavy atom. The van der Waals surface area contributed by atoms with Crippen molar-refractivity contribution in [3.63, 3.8) is 0 Å².